The first-order valence-electron chi connectivity index (χ1n) is 6.66. The lowest BCUT2D eigenvalue weighted by atomic mass is 10.2. The summed E-state index contributed by atoms with van der Waals surface area (Å²) in [4.78, 5) is 8.52. The van der Waals surface area contributed by atoms with Gasteiger partial charge in [0.15, 0.2) is 0 Å². The summed E-state index contributed by atoms with van der Waals surface area (Å²) in [6, 6.07) is 1.91. The molecule has 0 aliphatic heterocycles. The zero-order chi connectivity index (χ0) is 13.1. The molecule has 5 heteroatoms. The summed E-state index contributed by atoms with van der Waals surface area (Å²) in [6.45, 7) is 3.87. The van der Waals surface area contributed by atoms with E-state index >= 15 is 0 Å². The molecule has 102 valence electrons. The highest BCUT2D eigenvalue weighted by molar-refractivity contribution is 7.98. The summed E-state index contributed by atoms with van der Waals surface area (Å²) in [5.41, 5.74) is 0. The molecule has 1 aromatic rings. The molecule has 0 aliphatic rings. The van der Waals surface area contributed by atoms with Gasteiger partial charge in [0.25, 0.3) is 0 Å². The predicted octanol–water partition coefficient (Wildman–Crippen LogP) is 3.24. The number of aromatic nitrogens is 2. The number of thioether (sulfide) groups is 1. The number of nitrogens with one attached hydrogen (secondary N) is 2. The Morgan fingerprint density at radius 1 is 1.17 bits per heavy atom. The Balaban J connectivity index is 2.13. The standard InChI is InChI=1S/C13H24N4S/c1-3-14-13-16-10-8-12(17-13)15-9-6-4-5-7-11-18-2/h8,10H,3-7,9,11H2,1-2H3,(H2,14,15,16,17). The summed E-state index contributed by atoms with van der Waals surface area (Å²) < 4.78 is 0. The van der Waals surface area contributed by atoms with Gasteiger partial charge in [-0.25, -0.2) is 4.98 Å². The minimum absolute atomic E-state index is 0.697. The lowest BCUT2D eigenvalue weighted by Crippen LogP contribution is -2.07. The molecule has 1 aromatic heterocycles. The summed E-state index contributed by atoms with van der Waals surface area (Å²) in [6.07, 6.45) is 9.10. The van der Waals surface area contributed by atoms with Gasteiger partial charge < -0.3 is 10.6 Å². The Morgan fingerprint density at radius 2 is 2.00 bits per heavy atom. The topological polar surface area (TPSA) is 49.8 Å². The van der Waals surface area contributed by atoms with Crippen LogP contribution in [-0.4, -0.2) is 35.1 Å². The highest BCUT2D eigenvalue weighted by atomic mass is 32.2. The van der Waals surface area contributed by atoms with Gasteiger partial charge in [-0.1, -0.05) is 12.8 Å². The second-order valence-corrected chi connectivity index (χ2v) is 5.12. The van der Waals surface area contributed by atoms with Crippen LogP contribution in [0.1, 0.15) is 32.6 Å². The molecule has 18 heavy (non-hydrogen) atoms. The van der Waals surface area contributed by atoms with Gasteiger partial charge in [-0.05, 0) is 37.8 Å². The largest absolute Gasteiger partial charge is 0.370 e. The fraction of sp³-hybridized carbons (Fsp3) is 0.692. The van der Waals surface area contributed by atoms with Gasteiger partial charge in [-0.2, -0.15) is 16.7 Å². The van der Waals surface area contributed by atoms with Gasteiger partial charge in [-0.15, -0.1) is 0 Å². The summed E-state index contributed by atoms with van der Waals surface area (Å²) in [5, 5.41) is 6.45. The lowest BCUT2D eigenvalue weighted by molar-refractivity contribution is 0.688. The van der Waals surface area contributed by atoms with Crippen molar-refractivity contribution in [2.75, 3.05) is 35.7 Å². The van der Waals surface area contributed by atoms with Crippen molar-refractivity contribution >= 4 is 23.5 Å². The minimum atomic E-state index is 0.697. The average molecular weight is 268 g/mol. The van der Waals surface area contributed by atoms with E-state index in [0.29, 0.717) is 5.95 Å². The third-order valence-electron chi connectivity index (χ3n) is 2.57. The second-order valence-electron chi connectivity index (χ2n) is 4.13. The van der Waals surface area contributed by atoms with Crippen molar-refractivity contribution in [3.05, 3.63) is 12.3 Å². The van der Waals surface area contributed by atoms with Gasteiger partial charge in [0.1, 0.15) is 5.82 Å². The fourth-order valence-electron chi connectivity index (χ4n) is 1.64. The molecule has 0 amide bonds. The van der Waals surface area contributed by atoms with Gasteiger partial charge in [0.05, 0.1) is 0 Å². The summed E-state index contributed by atoms with van der Waals surface area (Å²) in [5.74, 6) is 2.89. The van der Waals surface area contributed by atoms with Crippen LogP contribution < -0.4 is 10.6 Å². The first-order chi connectivity index (χ1) is 8.86. The van der Waals surface area contributed by atoms with Crippen LogP contribution in [0.15, 0.2) is 12.3 Å². The molecular weight excluding hydrogens is 244 g/mol. The van der Waals surface area contributed by atoms with Crippen molar-refractivity contribution in [1.82, 2.24) is 9.97 Å². The Kier molecular flexibility index (Phi) is 8.38. The number of rotatable bonds is 10. The van der Waals surface area contributed by atoms with Gasteiger partial charge in [-0.3, -0.25) is 0 Å². The Morgan fingerprint density at radius 3 is 2.78 bits per heavy atom. The first-order valence-corrected chi connectivity index (χ1v) is 8.06. The number of unbranched alkanes of at least 4 members (excludes halogenated alkanes) is 3. The highest BCUT2D eigenvalue weighted by Gasteiger charge is 1.97. The third-order valence-corrected chi connectivity index (χ3v) is 3.27. The molecule has 0 aliphatic carbocycles. The molecule has 4 nitrogen and oxygen atoms in total. The number of anilines is 2. The molecule has 0 saturated heterocycles. The highest BCUT2D eigenvalue weighted by Crippen LogP contribution is 2.07. The predicted molar refractivity (Wildman–Crippen MR) is 81.5 cm³/mol. The van der Waals surface area contributed by atoms with E-state index in [4.69, 9.17) is 0 Å². The van der Waals surface area contributed by atoms with E-state index in [-0.39, 0.29) is 0 Å². The van der Waals surface area contributed by atoms with Crippen LogP contribution in [0, 0.1) is 0 Å². The number of hydrogen-bond donors (Lipinski definition) is 2. The van der Waals surface area contributed by atoms with Crippen LogP contribution in [0.4, 0.5) is 11.8 Å². The zero-order valence-corrected chi connectivity index (χ0v) is 12.2. The maximum atomic E-state index is 4.37. The van der Waals surface area contributed by atoms with Crippen LogP contribution in [0.3, 0.4) is 0 Å². The van der Waals surface area contributed by atoms with Crippen molar-refractivity contribution in [3.63, 3.8) is 0 Å². The molecule has 0 saturated carbocycles. The Hall–Kier alpha value is -0.970. The van der Waals surface area contributed by atoms with Gasteiger partial charge in [0, 0.05) is 19.3 Å². The van der Waals surface area contributed by atoms with Crippen molar-refractivity contribution < 1.29 is 0 Å². The molecule has 1 rings (SSSR count). The molecule has 0 unspecified atom stereocenters. The first kappa shape index (κ1) is 15.1. The van der Waals surface area contributed by atoms with E-state index in [0.717, 1.165) is 18.9 Å². The van der Waals surface area contributed by atoms with Gasteiger partial charge in [0.2, 0.25) is 5.95 Å². The molecule has 2 N–H and O–H groups in total. The van der Waals surface area contributed by atoms with Crippen LogP contribution in [0.5, 0.6) is 0 Å². The zero-order valence-electron chi connectivity index (χ0n) is 11.4. The minimum Gasteiger partial charge on any atom is -0.370 e. The monoisotopic (exact) mass is 268 g/mol. The molecule has 0 radical (unpaired) electrons. The molecule has 0 bridgehead atoms. The molecule has 1 heterocycles. The molecular formula is C13H24N4S. The fourth-order valence-corrected chi connectivity index (χ4v) is 2.13. The lowest BCUT2D eigenvalue weighted by Gasteiger charge is -2.07. The summed E-state index contributed by atoms with van der Waals surface area (Å²) in [7, 11) is 0. The van der Waals surface area contributed by atoms with E-state index in [9.17, 15) is 0 Å². The molecule has 0 aromatic carbocycles. The molecule has 0 fully saturated rings. The summed E-state index contributed by atoms with van der Waals surface area (Å²) >= 11 is 1.93. The Labute approximate surface area is 114 Å². The van der Waals surface area contributed by atoms with E-state index in [1.165, 1.54) is 31.4 Å². The van der Waals surface area contributed by atoms with Crippen molar-refractivity contribution in [3.8, 4) is 0 Å². The number of nitrogens with zero attached hydrogens (tertiary/aromatic N) is 2. The van der Waals surface area contributed by atoms with Crippen LogP contribution in [0.2, 0.25) is 0 Å². The van der Waals surface area contributed by atoms with Crippen LogP contribution in [-0.2, 0) is 0 Å². The van der Waals surface area contributed by atoms with E-state index in [1.807, 2.05) is 24.8 Å². The van der Waals surface area contributed by atoms with E-state index in [1.54, 1.807) is 6.20 Å². The van der Waals surface area contributed by atoms with Gasteiger partial charge >= 0.3 is 0 Å². The smallest absolute Gasteiger partial charge is 0.224 e. The maximum Gasteiger partial charge on any atom is 0.224 e. The van der Waals surface area contributed by atoms with Crippen LogP contribution >= 0.6 is 11.8 Å². The number of hydrogen-bond acceptors (Lipinski definition) is 5. The molecule has 0 atom stereocenters. The Bertz CT molecular complexity index is 320. The second kappa shape index (κ2) is 10.00. The third kappa shape index (κ3) is 6.69. The SMILES string of the molecule is CCNc1nccc(NCCCCCCSC)n1. The average Bonchev–Trinajstić information content (AvgIpc) is 2.39. The normalized spacial score (nSPS) is 10.3. The van der Waals surface area contributed by atoms with Crippen molar-refractivity contribution in [1.29, 1.82) is 0 Å². The van der Waals surface area contributed by atoms with Crippen LogP contribution in [0.25, 0.3) is 0 Å². The van der Waals surface area contributed by atoms with E-state index < -0.39 is 0 Å². The van der Waals surface area contributed by atoms with E-state index in [2.05, 4.69) is 26.9 Å². The quantitative estimate of drug-likeness (QED) is 0.638. The molecule has 0 spiro atoms. The maximum absolute atomic E-state index is 4.37. The van der Waals surface area contributed by atoms with Crippen molar-refractivity contribution in [2.45, 2.75) is 32.6 Å². The van der Waals surface area contributed by atoms with Crippen molar-refractivity contribution in [2.24, 2.45) is 0 Å².